The lowest BCUT2D eigenvalue weighted by atomic mass is 9.96. The van der Waals surface area contributed by atoms with Gasteiger partial charge in [-0.25, -0.2) is 0 Å². The first kappa shape index (κ1) is 14.3. The van der Waals surface area contributed by atoms with Gasteiger partial charge in [0.25, 0.3) is 0 Å². The summed E-state index contributed by atoms with van der Waals surface area (Å²) in [6.07, 6.45) is 10.1. The summed E-state index contributed by atoms with van der Waals surface area (Å²) in [5, 5.41) is 4.07. The summed E-state index contributed by atoms with van der Waals surface area (Å²) in [6, 6.07) is 0. The van der Waals surface area contributed by atoms with Crippen LogP contribution in [-0.2, 0) is 11.2 Å². The number of nitrogens with zero attached hydrogens (tertiary/aromatic N) is 3. The molecular weight excluding hydrogens is 266 g/mol. The molecule has 2 heterocycles. The van der Waals surface area contributed by atoms with Crippen LogP contribution in [-0.4, -0.2) is 34.0 Å². The summed E-state index contributed by atoms with van der Waals surface area (Å²) >= 11 is 0. The smallest absolute Gasteiger partial charge is 0.226 e. The van der Waals surface area contributed by atoms with Gasteiger partial charge in [0.1, 0.15) is 0 Å². The molecule has 0 unspecified atom stereocenters. The van der Waals surface area contributed by atoms with E-state index in [9.17, 15) is 4.79 Å². The lowest BCUT2D eigenvalue weighted by Gasteiger charge is -2.32. The molecule has 0 N–H and O–H groups in total. The van der Waals surface area contributed by atoms with Crippen LogP contribution in [0.1, 0.15) is 56.7 Å². The van der Waals surface area contributed by atoms with Crippen molar-refractivity contribution in [3.8, 4) is 0 Å². The quantitative estimate of drug-likeness (QED) is 0.800. The summed E-state index contributed by atoms with van der Waals surface area (Å²) in [7, 11) is 0. The number of aromatic nitrogens is 2. The van der Waals surface area contributed by atoms with E-state index in [1.807, 2.05) is 11.8 Å². The van der Waals surface area contributed by atoms with E-state index in [0.717, 1.165) is 51.0 Å². The molecule has 5 nitrogen and oxygen atoms in total. The molecule has 1 aliphatic carbocycles. The standard InChI is InChI=1S/C16H23N3O2/c1-2-14-17-16(18-21-14)13-8-5-9-19(11-13)15(20)10-12-6-3-4-7-12/h3,6,12-13H,2,4-5,7-11H2,1H3/t12-,13+/m1/s1. The average molecular weight is 289 g/mol. The fraction of sp³-hybridized carbons (Fsp3) is 0.688. The molecule has 0 radical (unpaired) electrons. The fourth-order valence-electron chi connectivity index (χ4n) is 3.21. The van der Waals surface area contributed by atoms with Crippen molar-refractivity contribution in [2.24, 2.45) is 5.92 Å². The molecule has 21 heavy (non-hydrogen) atoms. The molecule has 1 aromatic heterocycles. The highest BCUT2D eigenvalue weighted by molar-refractivity contribution is 5.77. The SMILES string of the molecule is CCc1nc([C@H]2CCCN(C(=O)C[C@@H]3C=CCC3)C2)no1. The molecule has 0 spiro atoms. The van der Waals surface area contributed by atoms with Gasteiger partial charge >= 0.3 is 0 Å². The second-order valence-corrected chi connectivity index (χ2v) is 6.05. The van der Waals surface area contributed by atoms with Crippen molar-refractivity contribution in [2.75, 3.05) is 13.1 Å². The Bertz CT molecular complexity index is 523. The van der Waals surface area contributed by atoms with Crippen LogP contribution < -0.4 is 0 Å². The first-order valence-electron chi connectivity index (χ1n) is 8.03. The maximum absolute atomic E-state index is 12.4. The second-order valence-electron chi connectivity index (χ2n) is 6.05. The molecule has 0 bridgehead atoms. The molecule has 2 atom stereocenters. The number of hydrogen-bond donors (Lipinski definition) is 0. The minimum Gasteiger partial charge on any atom is -0.342 e. The maximum Gasteiger partial charge on any atom is 0.226 e. The molecular formula is C16H23N3O2. The summed E-state index contributed by atoms with van der Waals surface area (Å²) in [6.45, 7) is 3.60. The van der Waals surface area contributed by atoms with Crippen LogP contribution >= 0.6 is 0 Å². The Morgan fingerprint density at radius 3 is 3.10 bits per heavy atom. The summed E-state index contributed by atoms with van der Waals surface area (Å²) < 4.78 is 5.20. The van der Waals surface area contributed by atoms with Gasteiger partial charge in [0.2, 0.25) is 11.8 Å². The molecule has 5 heteroatoms. The molecule has 2 aliphatic rings. The number of aryl methyl sites for hydroxylation is 1. The predicted molar refractivity (Wildman–Crippen MR) is 78.7 cm³/mol. The summed E-state index contributed by atoms with van der Waals surface area (Å²) in [5.74, 6) is 2.39. The predicted octanol–water partition coefficient (Wildman–Crippen LogP) is 2.69. The third-order valence-electron chi connectivity index (χ3n) is 4.47. The molecule has 3 rings (SSSR count). The number of hydrogen-bond acceptors (Lipinski definition) is 4. The lowest BCUT2D eigenvalue weighted by molar-refractivity contribution is -0.133. The minimum atomic E-state index is 0.228. The molecule has 0 saturated carbocycles. The summed E-state index contributed by atoms with van der Waals surface area (Å²) in [4.78, 5) is 18.8. The third kappa shape index (κ3) is 3.34. The van der Waals surface area contributed by atoms with Crippen LogP contribution in [0.25, 0.3) is 0 Å². The normalized spacial score (nSPS) is 25.5. The van der Waals surface area contributed by atoms with Gasteiger partial charge in [-0.3, -0.25) is 4.79 Å². The van der Waals surface area contributed by atoms with E-state index in [2.05, 4.69) is 22.3 Å². The van der Waals surface area contributed by atoms with Crippen LogP contribution in [0.2, 0.25) is 0 Å². The van der Waals surface area contributed by atoms with Crippen molar-refractivity contribution in [1.82, 2.24) is 15.0 Å². The molecule has 1 saturated heterocycles. The molecule has 1 amide bonds. The van der Waals surface area contributed by atoms with Crippen molar-refractivity contribution < 1.29 is 9.32 Å². The van der Waals surface area contributed by atoms with Gasteiger partial charge in [0, 0.05) is 31.8 Å². The van der Waals surface area contributed by atoms with Crippen molar-refractivity contribution in [1.29, 1.82) is 0 Å². The van der Waals surface area contributed by atoms with Crippen molar-refractivity contribution in [2.45, 2.75) is 51.4 Å². The van der Waals surface area contributed by atoms with E-state index in [-0.39, 0.29) is 11.8 Å². The number of carbonyl (C=O) groups is 1. The van der Waals surface area contributed by atoms with Crippen molar-refractivity contribution in [3.05, 3.63) is 23.9 Å². The number of piperidine rings is 1. The van der Waals surface area contributed by atoms with Gasteiger partial charge in [0.05, 0.1) is 0 Å². The highest BCUT2D eigenvalue weighted by atomic mass is 16.5. The van der Waals surface area contributed by atoms with Crippen LogP contribution in [0.15, 0.2) is 16.7 Å². The molecule has 1 fully saturated rings. The topological polar surface area (TPSA) is 59.2 Å². The van der Waals surface area contributed by atoms with Crippen molar-refractivity contribution >= 4 is 5.91 Å². The lowest BCUT2D eigenvalue weighted by Crippen LogP contribution is -2.39. The second kappa shape index (κ2) is 6.41. The van der Waals surface area contributed by atoms with Crippen LogP contribution in [0, 0.1) is 5.92 Å². The van der Waals surface area contributed by atoms with Gasteiger partial charge in [0.15, 0.2) is 5.82 Å². The Kier molecular flexibility index (Phi) is 4.36. The zero-order chi connectivity index (χ0) is 14.7. The van der Waals surface area contributed by atoms with Gasteiger partial charge < -0.3 is 9.42 Å². The Labute approximate surface area is 125 Å². The third-order valence-corrected chi connectivity index (χ3v) is 4.47. The van der Waals surface area contributed by atoms with Crippen LogP contribution in [0.4, 0.5) is 0 Å². The van der Waals surface area contributed by atoms with Gasteiger partial charge in [-0.15, -0.1) is 0 Å². The number of allylic oxidation sites excluding steroid dienone is 2. The highest BCUT2D eigenvalue weighted by Crippen LogP contribution is 2.27. The monoisotopic (exact) mass is 289 g/mol. The van der Waals surface area contributed by atoms with E-state index in [1.54, 1.807) is 0 Å². The number of rotatable bonds is 4. The fourth-order valence-corrected chi connectivity index (χ4v) is 3.21. The zero-order valence-corrected chi connectivity index (χ0v) is 12.6. The summed E-state index contributed by atoms with van der Waals surface area (Å²) in [5.41, 5.74) is 0. The number of carbonyl (C=O) groups excluding carboxylic acids is 1. The minimum absolute atomic E-state index is 0.228. The zero-order valence-electron chi connectivity index (χ0n) is 12.6. The first-order chi connectivity index (χ1) is 10.3. The van der Waals surface area contributed by atoms with Crippen molar-refractivity contribution in [3.63, 3.8) is 0 Å². The largest absolute Gasteiger partial charge is 0.342 e. The van der Waals surface area contributed by atoms with E-state index in [0.29, 0.717) is 18.2 Å². The Hall–Kier alpha value is -1.65. The van der Waals surface area contributed by atoms with E-state index in [1.165, 1.54) is 0 Å². The average Bonchev–Trinajstić information content (AvgIpc) is 3.18. The molecule has 114 valence electrons. The number of amides is 1. The van der Waals surface area contributed by atoms with Crippen LogP contribution in [0.3, 0.4) is 0 Å². The van der Waals surface area contributed by atoms with Gasteiger partial charge in [-0.1, -0.05) is 24.2 Å². The van der Waals surface area contributed by atoms with Gasteiger partial charge in [-0.2, -0.15) is 4.98 Å². The van der Waals surface area contributed by atoms with E-state index < -0.39 is 0 Å². The highest BCUT2D eigenvalue weighted by Gasteiger charge is 2.28. The maximum atomic E-state index is 12.4. The van der Waals surface area contributed by atoms with E-state index >= 15 is 0 Å². The van der Waals surface area contributed by atoms with E-state index in [4.69, 9.17) is 4.52 Å². The Morgan fingerprint density at radius 2 is 2.38 bits per heavy atom. The Morgan fingerprint density at radius 1 is 1.48 bits per heavy atom. The molecule has 1 aromatic rings. The first-order valence-corrected chi connectivity index (χ1v) is 8.03. The number of likely N-dealkylation sites (tertiary alicyclic amines) is 1. The molecule has 1 aliphatic heterocycles. The van der Waals surface area contributed by atoms with Gasteiger partial charge in [-0.05, 0) is 31.6 Å². The molecule has 0 aromatic carbocycles. The van der Waals surface area contributed by atoms with Crippen LogP contribution in [0.5, 0.6) is 0 Å². The Balaban J connectivity index is 1.59.